The lowest BCUT2D eigenvalue weighted by atomic mass is 9.95. The lowest BCUT2D eigenvalue weighted by Crippen LogP contribution is -2.59. The molecule has 2 aliphatic heterocycles. The third-order valence-corrected chi connectivity index (χ3v) is 5.56. The Balaban J connectivity index is 1.59. The minimum Gasteiger partial charge on any atom is -0.298 e. The van der Waals surface area contributed by atoms with E-state index in [9.17, 15) is 0 Å². The van der Waals surface area contributed by atoms with E-state index in [-0.39, 0.29) is 0 Å². The van der Waals surface area contributed by atoms with Crippen molar-refractivity contribution in [3.63, 3.8) is 0 Å². The maximum atomic E-state index is 4.41. The minimum atomic E-state index is 0.759. The maximum Gasteiger partial charge on any atom is 0.0937 e. The van der Waals surface area contributed by atoms with Gasteiger partial charge in [-0.2, -0.15) is 0 Å². The molecule has 0 aromatic carbocycles. The molecular weight excluding hydrogens is 254 g/mol. The average Bonchev–Trinajstić information content (AvgIpc) is 2.97. The van der Waals surface area contributed by atoms with Gasteiger partial charge in [-0.25, -0.2) is 4.98 Å². The number of fused-ring (bicyclic) bond motifs is 1. The number of hydrogen-bond donors (Lipinski definition) is 0. The van der Waals surface area contributed by atoms with Crippen LogP contribution in [0.25, 0.3) is 0 Å². The SMILES string of the molecule is CCC1CN2CCCCC2CN1CCc1nccs1. The fourth-order valence-corrected chi connectivity index (χ4v) is 4.20. The Morgan fingerprint density at radius 1 is 1.37 bits per heavy atom. The number of piperidine rings is 1. The second-order valence-electron chi connectivity index (χ2n) is 5.88. The zero-order chi connectivity index (χ0) is 13.1. The highest BCUT2D eigenvalue weighted by Gasteiger charge is 2.33. The summed E-state index contributed by atoms with van der Waals surface area (Å²) < 4.78 is 0. The van der Waals surface area contributed by atoms with Gasteiger partial charge in [-0.1, -0.05) is 13.3 Å². The summed E-state index contributed by atoms with van der Waals surface area (Å²) in [6.45, 7) is 7.44. The van der Waals surface area contributed by atoms with Crippen molar-refractivity contribution >= 4 is 11.3 Å². The molecule has 4 heteroatoms. The average molecular weight is 279 g/mol. The minimum absolute atomic E-state index is 0.759. The topological polar surface area (TPSA) is 19.4 Å². The predicted molar refractivity (Wildman–Crippen MR) is 80.7 cm³/mol. The van der Waals surface area contributed by atoms with Crippen LogP contribution in [0.3, 0.4) is 0 Å². The Morgan fingerprint density at radius 3 is 3.11 bits per heavy atom. The molecule has 0 saturated carbocycles. The molecule has 0 bridgehead atoms. The van der Waals surface area contributed by atoms with Crippen LogP contribution in [0.15, 0.2) is 11.6 Å². The zero-order valence-electron chi connectivity index (χ0n) is 11.9. The summed E-state index contributed by atoms with van der Waals surface area (Å²) in [6.07, 6.45) is 8.58. The highest BCUT2D eigenvalue weighted by Crippen LogP contribution is 2.25. The van der Waals surface area contributed by atoms with Gasteiger partial charge in [-0.15, -0.1) is 11.3 Å². The lowest BCUT2D eigenvalue weighted by molar-refractivity contribution is 0.00826. The smallest absolute Gasteiger partial charge is 0.0937 e. The van der Waals surface area contributed by atoms with Crippen molar-refractivity contribution in [2.75, 3.05) is 26.2 Å². The number of rotatable bonds is 4. The van der Waals surface area contributed by atoms with Gasteiger partial charge in [0, 0.05) is 49.7 Å². The largest absolute Gasteiger partial charge is 0.298 e. The van der Waals surface area contributed by atoms with Crippen molar-refractivity contribution < 1.29 is 0 Å². The predicted octanol–water partition coefficient (Wildman–Crippen LogP) is 2.63. The standard InChI is InChI=1S/C15H25N3S/c1-2-13-11-17-8-4-3-5-14(17)12-18(13)9-6-15-16-7-10-19-15/h7,10,13-14H,2-6,8-9,11-12H2,1H3. The summed E-state index contributed by atoms with van der Waals surface area (Å²) in [5.74, 6) is 0. The van der Waals surface area contributed by atoms with E-state index in [0.717, 1.165) is 18.5 Å². The van der Waals surface area contributed by atoms with Gasteiger partial charge in [0.2, 0.25) is 0 Å². The van der Waals surface area contributed by atoms with Crippen molar-refractivity contribution in [1.29, 1.82) is 0 Å². The fourth-order valence-electron chi connectivity index (χ4n) is 3.59. The molecule has 2 saturated heterocycles. The summed E-state index contributed by atoms with van der Waals surface area (Å²) in [7, 11) is 0. The van der Waals surface area contributed by atoms with Crippen molar-refractivity contribution in [2.24, 2.45) is 0 Å². The first-order valence-electron chi connectivity index (χ1n) is 7.73. The van der Waals surface area contributed by atoms with E-state index in [2.05, 4.69) is 27.1 Å². The normalized spacial score (nSPS) is 29.3. The van der Waals surface area contributed by atoms with Gasteiger partial charge in [0.25, 0.3) is 0 Å². The molecule has 2 unspecified atom stereocenters. The van der Waals surface area contributed by atoms with Gasteiger partial charge in [-0.3, -0.25) is 9.80 Å². The van der Waals surface area contributed by atoms with E-state index in [1.165, 1.54) is 56.9 Å². The third-order valence-electron chi connectivity index (χ3n) is 4.72. The van der Waals surface area contributed by atoms with Crippen molar-refractivity contribution in [2.45, 2.75) is 51.1 Å². The van der Waals surface area contributed by atoms with Gasteiger partial charge in [-0.05, 0) is 25.8 Å². The Kier molecular flexibility index (Phi) is 4.51. The van der Waals surface area contributed by atoms with Gasteiger partial charge in [0.15, 0.2) is 0 Å². The number of aromatic nitrogens is 1. The quantitative estimate of drug-likeness (QED) is 0.844. The molecular formula is C15H25N3S. The molecule has 3 heterocycles. The first-order valence-corrected chi connectivity index (χ1v) is 8.61. The van der Waals surface area contributed by atoms with Crippen LogP contribution in [0.2, 0.25) is 0 Å². The molecule has 3 nitrogen and oxygen atoms in total. The number of nitrogens with zero attached hydrogens (tertiary/aromatic N) is 3. The van der Waals surface area contributed by atoms with Crippen LogP contribution in [0.5, 0.6) is 0 Å². The number of hydrogen-bond acceptors (Lipinski definition) is 4. The molecule has 106 valence electrons. The summed E-state index contributed by atoms with van der Waals surface area (Å²) in [5.41, 5.74) is 0. The molecule has 0 spiro atoms. The van der Waals surface area contributed by atoms with Crippen molar-refractivity contribution in [1.82, 2.24) is 14.8 Å². The zero-order valence-corrected chi connectivity index (χ0v) is 12.7. The Hall–Kier alpha value is -0.450. The van der Waals surface area contributed by atoms with E-state index in [1.807, 2.05) is 6.20 Å². The van der Waals surface area contributed by atoms with Crippen molar-refractivity contribution in [3.05, 3.63) is 16.6 Å². The van der Waals surface area contributed by atoms with Crippen LogP contribution in [-0.2, 0) is 6.42 Å². The molecule has 1 aromatic heterocycles. The second-order valence-corrected chi connectivity index (χ2v) is 6.86. The van der Waals surface area contributed by atoms with E-state index < -0.39 is 0 Å². The molecule has 0 radical (unpaired) electrons. The molecule has 2 aliphatic rings. The first-order chi connectivity index (χ1) is 9.36. The molecule has 2 atom stereocenters. The van der Waals surface area contributed by atoms with Crippen LogP contribution in [0.1, 0.15) is 37.6 Å². The Bertz CT molecular complexity index is 379. The summed E-state index contributed by atoms with van der Waals surface area (Å²) in [6, 6.07) is 1.59. The highest BCUT2D eigenvalue weighted by atomic mass is 32.1. The Morgan fingerprint density at radius 2 is 2.32 bits per heavy atom. The van der Waals surface area contributed by atoms with Crippen LogP contribution in [0, 0.1) is 0 Å². The van der Waals surface area contributed by atoms with E-state index in [4.69, 9.17) is 0 Å². The maximum absolute atomic E-state index is 4.41. The van der Waals surface area contributed by atoms with Gasteiger partial charge >= 0.3 is 0 Å². The molecule has 19 heavy (non-hydrogen) atoms. The first kappa shape index (κ1) is 13.5. The van der Waals surface area contributed by atoms with Crippen molar-refractivity contribution in [3.8, 4) is 0 Å². The van der Waals surface area contributed by atoms with E-state index in [1.54, 1.807) is 11.3 Å². The molecule has 0 N–H and O–H groups in total. The van der Waals surface area contributed by atoms with E-state index >= 15 is 0 Å². The highest BCUT2D eigenvalue weighted by molar-refractivity contribution is 7.09. The monoisotopic (exact) mass is 279 g/mol. The molecule has 0 amide bonds. The van der Waals surface area contributed by atoms with Gasteiger partial charge in [0.05, 0.1) is 5.01 Å². The van der Waals surface area contributed by atoms with Gasteiger partial charge < -0.3 is 0 Å². The molecule has 2 fully saturated rings. The molecule has 1 aromatic rings. The molecule has 0 aliphatic carbocycles. The van der Waals surface area contributed by atoms with Crippen LogP contribution >= 0.6 is 11.3 Å². The third kappa shape index (κ3) is 3.18. The van der Waals surface area contributed by atoms with Gasteiger partial charge in [0.1, 0.15) is 0 Å². The lowest BCUT2D eigenvalue weighted by Gasteiger charge is -2.48. The molecule has 3 rings (SSSR count). The Labute approximate surface area is 120 Å². The van der Waals surface area contributed by atoms with Crippen LogP contribution in [-0.4, -0.2) is 53.0 Å². The second kappa shape index (κ2) is 6.33. The number of piperazine rings is 1. The van der Waals surface area contributed by atoms with E-state index in [0.29, 0.717) is 0 Å². The van der Waals surface area contributed by atoms with Crippen LogP contribution < -0.4 is 0 Å². The summed E-state index contributed by atoms with van der Waals surface area (Å²) in [5, 5.41) is 3.38. The summed E-state index contributed by atoms with van der Waals surface area (Å²) in [4.78, 5) is 9.89. The summed E-state index contributed by atoms with van der Waals surface area (Å²) >= 11 is 1.79. The fraction of sp³-hybridized carbons (Fsp3) is 0.800. The number of thiazole rings is 1. The van der Waals surface area contributed by atoms with Crippen LogP contribution in [0.4, 0.5) is 0 Å².